The first kappa shape index (κ1) is 13.3. The molecule has 2 aromatic carbocycles. The quantitative estimate of drug-likeness (QED) is 0.542. The smallest absolute Gasteiger partial charge is 0.249 e. The van der Waals surface area contributed by atoms with Gasteiger partial charge in [-0.3, -0.25) is 0 Å². The van der Waals surface area contributed by atoms with Gasteiger partial charge in [-0.05, 0) is 16.7 Å². The second-order valence-corrected chi connectivity index (χ2v) is 6.05. The van der Waals surface area contributed by atoms with Crippen LogP contribution in [0.25, 0.3) is 22.7 Å². The SMILES string of the molecule is c1ccc(Cc2nnc(-c3c[nH]c4c3Cc3ccccc3-4)o2)cc1. The van der Waals surface area contributed by atoms with Crippen molar-refractivity contribution in [3.63, 3.8) is 0 Å². The highest BCUT2D eigenvalue weighted by atomic mass is 16.4. The number of hydrogen-bond acceptors (Lipinski definition) is 3. The molecule has 4 heteroatoms. The molecule has 2 aromatic heterocycles. The Bertz CT molecular complexity index is 1010. The molecule has 2 heterocycles. The third-order valence-electron chi connectivity index (χ3n) is 4.54. The van der Waals surface area contributed by atoms with E-state index in [0.717, 1.165) is 12.0 Å². The van der Waals surface area contributed by atoms with Gasteiger partial charge in [-0.15, -0.1) is 10.2 Å². The van der Waals surface area contributed by atoms with E-state index >= 15 is 0 Å². The zero-order valence-corrected chi connectivity index (χ0v) is 13.0. The number of H-pyrrole nitrogens is 1. The lowest BCUT2D eigenvalue weighted by Crippen LogP contribution is -1.87. The highest BCUT2D eigenvalue weighted by Gasteiger charge is 2.25. The van der Waals surface area contributed by atoms with E-state index in [2.05, 4.69) is 51.6 Å². The van der Waals surface area contributed by atoms with Gasteiger partial charge < -0.3 is 9.40 Å². The van der Waals surface area contributed by atoms with Crippen LogP contribution in [0.4, 0.5) is 0 Å². The van der Waals surface area contributed by atoms with E-state index in [9.17, 15) is 0 Å². The van der Waals surface area contributed by atoms with Gasteiger partial charge in [-0.2, -0.15) is 0 Å². The van der Waals surface area contributed by atoms with Crippen LogP contribution in [0.5, 0.6) is 0 Å². The summed E-state index contributed by atoms with van der Waals surface area (Å²) in [6.07, 6.45) is 3.53. The lowest BCUT2D eigenvalue weighted by molar-refractivity contribution is 0.518. The van der Waals surface area contributed by atoms with E-state index in [1.807, 2.05) is 24.4 Å². The van der Waals surface area contributed by atoms with Gasteiger partial charge in [0.2, 0.25) is 11.8 Å². The number of aromatic nitrogens is 3. The van der Waals surface area contributed by atoms with Gasteiger partial charge in [0, 0.05) is 18.2 Å². The fourth-order valence-corrected chi connectivity index (χ4v) is 3.38. The minimum atomic E-state index is 0.589. The number of aromatic amines is 1. The molecule has 0 saturated heterocycles. The molecular formula is C20H15N3O. The fraction of sp³-hybridized carbons (Fsp3) is 0.100. The van der Waals surface area contributed by atoms with E-state index in [0.29, 0.717) is 18.2 Å². The molecule has 0 spiro atoms. The molecular weight excluding hydrogens is 298 g/mol. The maximum absolute atomic E-state index is 5.91. The van der Waals surface area contributed by atoms with Crippen LogP contribution < -0.4 is 0 Å². The molecule has 5 rings (SSSR count). The number of hydrogen-bond donors (Lipinski definition) is 1. The van der Waals surface area contributed by atoms with Crippen LogP contribution in [0.15, 0.2) is 65.2 Å². The Morgan fingerprint density at radius 3 is 2.67 bits per heavy atom. The van der Waals surface area contributed by atoms with Crippen LogP contribution in [0.1, 0.15) is 22.6 Å². The van der Waals surface area contributed by atoms with Crippen LogP contribution in [-0.4, -0.2) is 15.2 Å². The number of nitrogens with zero attached hydrogens (tertiary/aromatic N) is 2. The molecule has 116 valence electrons. The van der Waals surface area contributed by atoms with E-state index in [1.165, 1.54) is 27.9 Å². The molecule has 1 N–H and O–H groups in total. The molecule has 0 bridgehead atoms. The van der Waals surface area contributed by atoms with Gasteiger partial charge in [-0.25, -0.2) is 0 Å². The number of rotatable bonds is 3. The first-order chi connectivity index (χ1) is 11.9. The van der Waals surface area contributed by atoms with Crippen LogP contribution in [0.2, 0.25) is 0 Å². The lowest BCUT2D eigenvalue weighted by Gasteiger charge is -1.97. The van der Waals surface area contributed by atoms with Gasteiger partial charge in [0.1, 0.15) is 0 Å². The van der Waals surface area contributed by atoms with Crippen molar-refractivity contribution in [3.8, 4) is 22.7 Å². The minimum absolute atomic E-state index is 0.589. The third kappa shape index (κ3) is 2.07. The van der Waals surface area contributed by atoms with Crippen LogP contribution in [0, 0.1) is 0 Å². The highest BCUT2D eigenvalue weighted by Crippen LogP contribution is 2.40. The van der Waals surface area contributed by atoms with Crippen LogP contribution >= 0.6 is 0 Å². The number of benzene rings is 2. The summed E-state index contributed by atoms with van der Waals surface area (Å²) in [6, 6.07) is 18.6. The van der Waals surface area contributed by atoms with Crippen molar-refractivity contribution in [1.82, 2.24) is 15.2 Å². The van der Waals surface area contributed by atoms with Crippen molar-refractivity contribution in [2.75, 3.05) is 0 Å². The first-order valence-electron chi connectivity index (χ1n) is 8.04. The molecule has 0 atom stereocenters. The summed E-state index contributed by atoms with van der Waals surface area (Å²) in [4.78, 5) is 3.37. The molecule has 0 unspecified atom stereocenters. The second-order valence-electron chi connectivity index (χ2n) is 6.05. The summed E-state index contributed by atoms with van der Waals surface area (Å²) in [5, 5.41) is 8.47. The highest BCUT2D eigenvalue weighted by molar-refractivity contribution is 5.81. The molecule has 1 aliphatic carbocycles. The summed E-state index contributed by atoms with van der Waals surface area (Å²) in [7, 11) is 0. The summed E-state index contributed by atoms with van der Waals surface area (Å²) >= 11 is 0. The first-order valence-corrected chi connectivity index (χ1v) is 8.04. The second kappa shape index (κ2) is 5.20. The molecule has 0 aliphatic heterocycles. The average Bonchev–Trinajstić information content (AvgIpc) is 3.30. The summed E-state index contributed by atoms with van der Waals surface area (Å²) in [6.45, 7) is 0. The van der Waals surface area contributed by atoms with Crippen molar-refractivity contribution >= 4 is 0 Å². The summed E-state index contributed by atoms with van der Waals surface area (Å²) in [5.74, 6) is 1.23. The zero-order valence-electron chi connectivity index (χ0n) is 13.0. The minimum Gasteiger partial charge on any atom is -0.420 e. The van der Waals surface area contributed by atoms with E-state index in [4.69, 9.17) is 4.42 Å². The van der Waals surface area contributed by atoms with E-state index in [1.54, 1.807) is 0 Å². The largest absolute Gasteiger partial charge is 0.420 e. The topological polar surface area (TPSA) is 54.7 Å². The Hall–Kier alpha value is -3.14. The predicted molar refractivity (Wildman–Crippen MR) is 91.6 cm³/mol. The molecule has 1 aliphatic rings. The maximum atomic E-state index is 5.91. The third-order valence-corrected chi connectivity index (χ3v) is 4.54. The van der Waals surface area contributed by atoms with Crippen molar-refractivity contribution < 1.29 is 4.42 Å². The van der Waals surface area contributed by atoms with E-state index < -0.39 is 0 Å². The van der Waals surface area contributed by atoms with Gasteiger partial charge in [0.15, 0.2) is 0 Å². The molecule has 0 radical (unpaired) electrons. The number of fused-ring (bicyclic) bond motifs is 3. The average molecular weight is 313 g/mol. The Labute approximate surface area is 139 Å². The molecule has 4 aromatic rings. The van der Waals surface area contributed by atoms with Gasteiger partial charge in [-0.1, -0.05) is 54.6 Å². The van der Waals surface area contributed by atoms with Gasteiger partial charge in [0.05, 0.1) is 17.7 Å². The Morgan fingerprint density at radius 2 is 1.75 bits per heavy atom. The monoisotopic (exact) mass is 313 g/mol. The normalized spacial score (nSPS) is 12.2. The van der Waals surface area contributed by atoms with Crippen LogP contribution in [-0.2, 0) is 12.8 Å². The maximum Gasteiger partial charge on any atom is 0.249 e. The Kier molecular flexibility index (Phi) is 2.88. The van der Waals surface area contributed by atoms with Crippen molar-refractivity contribution in [2.45, 2.75) is 12.8 Å². The molecule has 0 amide bonds. The zero-order chi connectivity index (χ0) is 15.9. The summed E-state index contributed by atoms with van der Waals surface area (Å²) < 4.78 is 5.91. The standard InChI is InChI=1S/C20H15N3O/c1-2-6-13(7-3-1)10-18-22-23-20(24-18)17-12-21-19-15-9-5-4-8-14(15)11-16(17)19/h1-9,12,21H,10-11H2. The number of nitrogens with one attached hydrogen (secondary N) is 1. The Morgan fingerprint density at radius 1 is 0.917 bits per heavy atom. The molecule has 4 nitrogen and oxygen atoms in total. The predicted octanol–water partition coefficient (Wildman–Crippen LogP) is 4.23. The van der Waals surface area contributed by atoms with Crippen LogP contribution in [0.3, 0.4) is 0 Å². The Balaban J connectivity index is 1.48. The van der Waals surface area contributed by atoms with Crippen molar-refractivity contribution in [2.24, 2.45) is 0 Å². The summed E-state index contributed by atoms with van der Waals surface area (Å²) in [5.41, 5.74) is 7.19. The van der Waals surface area contributed by atoms with Gasteiger partial charge >= 0.3 is 0 Å². The lowest BCUT2D eigenvalue weighted by atomic mass is 10.1. The van der Waals surface area contributed by atoms with Gasteiger partial charge in [0.25, 0.3) is 0 Å². The molecule has 0 saturated carbocycles. The molecule has 0 fully saturated rings. The van der Waals surface area contributed by atoms with Crippen molar-refractivity contribution in [3.05, 3.63) is 83.4 Å². The van der Waals surface area contributed by atoms with E-state index in [-0.39, 0.29) is 0 Å². The fourth-order valence-electron chi connectivity index (χ4n) is 3.38. The van der Waals surface area contributed by atoms with Crippen molar-refractivity contribution in [1.29, 1.82) is 0 Å². The molecule has 24 heavy (non-hydrogen) atoms.